The second-order valence-electron chi connectivity index (χ2n) is 2.67. The first-order valence-corrected chi connectivity index (χ1v) is 4.68. The van der Waals surface area contributed by atoms with Crippen LogP contribution in [0.25, 0.3) is 10.9 Å². The molecular weight excluding hydrogens is 246 g/mol. The molecule has 1 N–H and O–H groups in total. The van der Waals surface area contributed by atoms with E-state index in [0.717, 1.165) is 20.9 Å². The molecule has 1 heterocycles. The van der Waals surface area contributed by atoms with Gasteiger partial charge in [-0.2, -0.15) is 0 Å². The predicted molar refractivity (Wildman–Crippen MR) is 56.6 cm³/mol. The van der Waals surface area contributed by atoms with Gasteiger partial charge in [0.05, 0.1) is 11.7 Å². The van der Waals surface area contributed by atoms with Crippen LogP contribution in [-0.4, -0.2) is 21.4 Å². The van der Waals surface area contributed by atoms with E-state index < -0.39 is 0 Å². The Morgan fingerprint density at radius 3 is 3.07 bits per heavy atom. The number of hydrogen-bond acceptors (Lipinski definition) is 4. The summed E-state index contributed by atoms with van der Waals surface area (Å²) in [4.78, 5) is 8.04. The Balaban J connectivity index is 2.81. The fourth-order valence-corrected chi connectivity index (χ4v) is 1.65. The highest BCUT2D eigenvalue weighted by Gasteiger charge is 2.03. The number of halogens is 1. The molecular formula is C9H6BrN3O. The van der Waals surface area contributed by atoms with Gasteiger partial charge in [-0.3, -0.25) is 0 Å². The van der Waals surface area contributed by atoms with Gasteiger partial charge in [-0.1, -0.05) is 21.1 Å². The average Bonchev–Trinajstić information content (AvgIpc) is 2.23. The van der Waals surface area contributed by atoms with Gasteiger partial charge in [0.2, 0.25) is 0 Å². The van der Waals surface area contributed by atoms with Crippen LogP contribution < -0.4 is 0 Å². The predicted octanol–water partition coefficient (Wildman–Crippen LogP) is 2.20. The molecule has 2 aromatic rings. The second-order valence-corrected chi connectivity index (χ2v) is 3.52. The van der Waals surface area contributed by atoms with Crippen molar-refractivity contribution in [2.75, 3.05) is 0 Å². The molecule has 1 aromatic heterocycles. The second kappa shape index (κ2) is 3.71. The summed E-state index contributed by atoms with van der Waals surface area (Å²) in [6, 6.07) is 3.68. The van der Waals surface area contributed by atoms with Crippen molar-refractivity contribution in [1.82, 2.24) is 9.97 Å². The number of rotatable bonds is 1. The van der Waals surface area contributed by atoms with Crippen LogP contribution in [-0.2, 0) is 0 Å². The Kier molecular flexibility index (Phi) is 2.41. The minimum absolute atomic E-state index is 0.757. The van der Waals surface area contributed by atoms with E-state index in [4.69, 9.17) is 5.21 Å². The zero-order valence-electron chi connectivity index (χ0n) is 7.05. The van der Waals surface area contributed by atoms with Crippen LogP contribution in [0.5, 0.6) is 0 Å². The van der Waals surface area contributed by atoms with Crippen LogP contribution in [0.3, 0.4) is 0 Å². The number of nitrogens with zero attached hydrogens (tertiary/aromatic N) is 3. The molecule has 0 aliphatic carbocycles. The molecule has 1 aromatic carbocycles. The Morgan fingerprint density at radius 1 is 1.43 bits per heavy atom. The number of benzene rings is 1. The highest BCUT2D eigenvalue weighted by atomic mass is 79.9. The summed E-state index contributed by atoms with van der Waals surface area (Å²) in [6.45, 7) is 0. The minimum Gasteiger partial charge on any atom is -0.411 e. The summed E-state index contributed by atoms with van der Waals surface area (Å²) < 4.78 is 0.920. The van der Waals surface area contributed by atoms with E-state index in [0.29, 0.717) is 0 Å². The molecule has 0 saturated carbocycles. The number of aromatic nitrogens is 2. The first-order chi connectivity index (χ1) is 6.83. The molecule has 14 heavy (non-hydrogen) atoms. The smallest absolute Gasteiger partial charge is 0.116 e. The van der Waals surface area contributed by atoms with Gasteiger partial charge < -0.3 is 5.21 Å². The fourth-order valence-electron chi connectivity index (χ4n) is 1.23. The van der Waals surface area contributed by atoms with E-state index in [1.165, 1.54) is 12.5 Å². The molecule has 0 bridgehead atoms. The molecule has 0 amide bonds. The zero-order chi connectivity index (χ0) is 9.97. The Labute approximate surface area is 88.4 Å². The van der Waals surface area contributed by atoms with E-state index in [-0.39, 0.29) is 0 Å². The van der Waals surface area contributed by atoms with E-state index in [1.54, 1.807) is 6.20 Å². The van der Waals surface area contributed by atoms with Crippen molar-refractivity contribution < 1.29 is 5.21 Å². The maximum Gasteiger partial charge on any atom is 0.116 e. The Morgan fingerprint density at radius 2 is 2.29 bits per heavy atom. The molecule has 0 spiro atoms. The molecule has 0 saturated heterocycles. The molecule has 0 fully saturated rings. The van der Waals surface area contributed by atoms with Gasteiger partial charge >= 0.3 is 0 Å². The van der Waals surface area contributed by atoms with Gasteiger partial charge in [0.15, 0.2) is 0 Å². The van der Waals surface area contributed by atoms with Crippen LogP contribution >= 0.6 is 15.9 Å². The van der Waals surface area contributed by atoms with Crippen LogP contribution in [0, 0.1) is 0 Å². The van der Waals surface area contributed by atoms with Crippen molar-refractivity contribution in [2.45, 2.75) is 0 Å². The van der Waals surface area contributed by atoms with Gasteiger partial charge in [-0.15, -0.1) is 0 Å². The van der Waals surface area contributed by atoms with Gasteiger partial charge in [0.1, 0.15) is 6.33 Å². The third-order valence-corrected chi connectivity index (χ3v) is 2.54. The fraction of sp³-hybridized carbons (Fsp3) is 0. The number of oxime groups is 1. The third-order valence-electron chi connectivity index (χ3n) is 1.85. The molecule has 70 valence electrons. The topological polar surface area (TPSA) is 58.4 Å². The molecule has 4 nitrogen and oxygen atoms in total. The van der Waals surface area contributed by atoms with Gasteiger partial charge in [0, 0.05) is 21.6 Å². The molecule has 0 atom stereocenters. The molecule has 5 heteroatoms. The summed E-state index contributed by atoms with van der Waals surface area (Å²) in [5.74, 6) is 0. The lowest BCUT2D eigenvalue weighted by molar-refractivity contribution is 0.322. The average molecular weight is 252 g/mol. The summed E-state index contributed by atoms with van der Waals surface area (Å²) >= 11 is 3.40. The van der Waals surface area contributed by atoms with Crippen molar-refractivity contribution in [2.24, 2.45) is 5.16 Å². The third kappa shape index (κ3) is 1.46. The quantitative estimate of drug-likeness (QED) is 0.480. The number of hydrogen-bond donors (Lipinski definition) is 1. The highest BCUT2D eigenvalue weighted by Crippen LogP contribution is 2.23. The van der Waals surface area contributed by atoms with Crippen molar-refractivity contribution in [1.29, 1.82) is 0 Å². The van der Waals surface area contributed by atoms with Gasteiger partial charge in [0.25, 0.3) is 0 Å². The monoisotopic (exact) mass is 251 g/mol. The Hall–Kier alpha value is -1.49. The van der Waals surface area contributed by atoms with Gasteiger partial charge in [-0.05, 0) is 12.1 Å². The van der Waals surface area contributed by atoms with Crippen LogP contribution in [0.15, 0.2) is 34.3 Å². The molecule has 0 unspecified atom stereocenters. The maximum atomic E-state index is 8.46. The lowest BCUT2D eigenvalue weighted by atomic mass is 10.1. The van der Waals surface area contributed by atoms with Crippen LogP contribution in [0.1, 0.15) is 5.56 Å². The molecule has 0 aliphatic heterocycles. The van der Waals surface area contributed by atoms with E-state index >= 15 is 0 Å². The van der Waals surface area contributed by atoms with Crippen molar-refractivity contribution in [3.63, 3.8) is 0 Å². The van der Waals surface area contributed by atoms with Crippen molar-refractivity contribution >= 4 is 33.0 Å². The maximum absolute atomic E-state index is 8.46. The highest BCUT2D eigenvalue weighted by molar-refractivity contribution is 9.10. The largest absolute Gasteiger partial charge is 0.411 e. The molecule has 0 aliphatic rings. The first kappa shape index (κ1) is 9.08. The van der Waals surface area contributed by atoms with E-state index in [2.05, 4.69) is 31.1 Å². The first-order valence-electron chi connectivity index (χ1n) is 3.88. The van der Waals surface area contributed by atoms with Crippen LogP contribution in [0.2, 0.25) is 0 Å². The summed E-state index contributed by atoms with van der Waals surface area (Å²) in [5, 5.41) is 12.3. The normalized spacial score (nSPS) is 11.2. The lowest BCUT2D eigenvalue weighted by Crippen LogP contribution is -1.89. The molecule has 2 rings (SSSR count). The summed E-state index contributed by atoms with van der Waals surface area (Å²) in [7, 11) is 0. The standard InChI is InChI=1S/C9H6BrN3O/c10-8-2-1-6(3-13-14)9-7(8)4-11-5-12-9/h1-5,14H/b13-3-. The van der Waals surface area contributed by atoms with Crippen molar-refractivity contribution in [3.8, 4) is 0 Å². The van der Waals surface area contributed by atoms with E-state index in [9.17, 15) is 0 Å². The van der Waals surface area contributed by atoms with E-state index in [1.807, 2.05) is 12.1 Å². The molecule has 0 radical (unpaired) electrons. The Bertz CT molecular complexity index is 498. The van der Waals surface area contributed by atoms with Gasteiger partial charge in [-0.25, -0.2) is 9.97 Å². The zero-order valence-corrected chi connectivity index (χ0v) is 8.64. The summed E-state index contributed by atoms with van der Waals surface area (Å²) in [6.07, 6.45) is 4.52. The van der Waals surface area contributed by atoms with Crippen molar-refractivity contribution in [3.05, 3.63) is 34.7 Å². The van der Waals surface area contributed by atoms with Crippen LogP contribution in [0.4, 0.5) is 0 Å². The lowest BCUT2D eigenvalue weighted by Gasteiger charge is -2.01. The SMILES string of the molecule is O/N=C\c1ccc(Br)c2cncnc12. The summed E-state index contributed by atoms with van der Waals surface area (Å²) in [5.41, 5.74) is 1.51. The minimum atomic E-state index is 0.757. The number of fused-ring (bicyclic) bond motifs is 1.